The SMILES string of the molecule is c1ccc(C23OC(c4ccccc4)(C4=C2c2cccc5cccc4c25)c2ccccc23)cc1. The molecule has 3 aliphatic rings. The second-order valence-electron chi connectivity index (χ2n) is 9.20. The van der Waals surface area contributed by atoms with Gasteiger partial charge >= 0.3 is 0 Å². The van der Waals surface area contributed by atoms with Crippen molar-refractivity contribution in [2.24, 2.45) is 0 Å². The van der Waals surface area contributed by atoms with Gasteiger partial charge in [0.25, 0.3) is 0 Å². The van der Waals surface area contributed by atoms with Crippen LogP contribution >= 0.6 is 0 Å². The molecule has 2 heterocycles. The third kappa shape index (κ3) is 1.87. The summed E-state index contributed by atoms with van der Waals surface area (Å²) in [5.74, 6) is 0. The van der Waals surface area contributed by atoms with Gasteiger partial charge in [-0.1, -0.05) is 121 Å². The maximum Gasteiger partial charge on any atom is 0.147 e. The molecule has 2 bridgehead atoms. The summed E-state index contributed by atoms with van der Waals surface area (Å²) in [5, 5.41) is 2.64. The van der Waals surface area contributed by atoms with Crippen molar-refractivity contribution in [3.8, 4) is 0 Å². The third-order valence-electron chi connectivity index (χ3n) is 7.75. The molecule has 0 radical (unpaired) electrons. The molecule has 154 valence electrons. The molecule has 5 aromatic carbocycles. The number of hydrogen-bond donors (Lipinski definition) is 0. The van der Waals surface area contributed by atoms with E-state index >= 15 is 0 Å². The zero-order chi connectivity index (χ0) is 21.6. The smallest absolute Gasteiger partial charge is 0.147 e. The molecule has 0 aromatic heterocycles. The highest BCUT2D eigenvalue weighted by molar-refractivity contribution is 6.21. The number of rotatable bonds is 2. The molecule has 0 fully saturated rings. The lowest BCUT2D eigenvalue weighted by Gasteiger charge is -2.31. The van der Waals surface area contributed by atoms with E-state index in [0.29, 0.717) is 0 Å². The van der Waals surface area contributed by atoms with Crippen molar-refractivity contribution in [1.29, 1.82) is 0 Å². The topological polar surface area (TPSA) is 9.23 Å². The van der Waals surface area contributed by atoms with Crippen LogP contribution in [0.2, 0.25) is 0 Å². The highest BCUT2D eigenvalue weighted by Crippen LogP contribution is 2.73. The van der Waals surface area contributed by atoms with Gasteiger partial charge in [0.1, 0.15) is 11.2 Å². The van der Waals surface area contributed by atoms with Crippen LogP contribution in [0.4, 0.5) is 0 Å². The Morgan fingerprint density at radius 2 is 0.879 bits per heavy atom. The van der Waals surface area contributed by atoms with Gasteiger partial charge in [-0.3, -0.25) is 0 Å². The summed E-state index contributed by atoms with van der Waals surface area (Å²) in [7, 11) is 0. The Labute approximate surface area is 192 Å². The van der Waals surface area contributed by atoms with E-state index in [0.717, 1.165) is 0 Å². The first kappa shape index (κ1) is 17.6. The molecule has 0 saturated carbocycles. The van der Waals surface area contributed by atoms with Gasteiger partial charge < -0.3 is 4.74 Å². The molecule has 0 saturated heterocycles. The fourth-order valence-electron chi connectivity index (χ4n) is 6.63. The molecule has 0 spiro atoms. The minimum absolute atomic E-state index is 0.643. The van der Waals surface area contributed by atoms with Crippen LogP contribution in [0.1, 0.15) is 33.4 Å². The maximum absolute atomic E-state index is 7.47. The normalized spacial score (nSPS) is 23.8. The van der Waals surface area contributed by atoms with Crippen LogP contribution in [-0.2, 0) is 15.9 Å². The Kier molecular flexibility index (Phi) is 3.14. The maximum atomic E-state index is 7.47. The van der Waals surface area contributed by atoms with Crippen molar-refractivity contribution in [2.45, 2.75) is 11.2 Å². The lowest BCUT2D eigenvalue weighted by molar-refractivity contribution is -0.0157. The van der Waals surface area contributed by atoms with Crippen molar-refractivity contribution < 1.29 is 4.74 Å². The zero-order valence-electron chi connectivity index (χ0n) is 18.0. The second kappa shape index (κ2) is 5.89. The summed E-state index contributed by atoms with van der Waals surface area (Å²) < 4.78 is 7.47. The van der Waals surface area contributed by atoms with Gasteiger partial charge in [0.2, 0.25) is 0 Å². The summed E-state index contributed by atoms with van der Waals surface area (Å²) in [6, 6.07) is 43.8. The first-order valence-corrected chi connectivity index (χ1v) is 11.5. The molecule has 8 rings (SSSR count). The van der Waals surface area contributed by atoms with Crippen molar-refractivity contribution in [2.75, 3.05) is 0 Å². The van der Waals surface area contributed by atoms with Crippen molar-refractivity contribution in [3.63, 3.8) is 0 Å². The molecule has 2 aliphatic heterocycles. The van der Waals surface area contributed by atoms with Crippen molar-refractivity contribution in [3.05, 3.63) is 155 Å². The highest BCUT2D eigenvalue weighted by atomic mass is 16.5. The zero-order valence-corrected chi connectivity index (χ0v) is 18.0. The predicted octanol–water partition coefficient (Wildman–Crippen LogP) is 7.30. The summed E-state index contributed by atoms with van der Waals surface area (Å²) in [5.41, 5.74) is 8.81. The number of fused-ring (bicyclic) bond motifs is 9. The lowest BCUT2D eigenvalue weighted by Crippen LogP contribution is -2.28. The van der Waals surface area contributed by atoms with Gasteiger partial charge in [-0.25, -0.2) is 0 Å². The Balaban J connectivity index is 1.61. The Hall–Kier alpha value is -3.94. The molecule has 0 N–H and O–H groups in total. The van der Waals surface area contributed by atoms with E-state index in [1.165, 1.54) is 55.3 Å². The quantitative estimate of drug-likeness (QED) is 0.291. The van der Waals surface area contributed by atoms with Crippen LogP contribution in [0.5, 0.6) is 0 Å². The minimum atomic E-state index is -0.643. The second-order valence-corrected chi connectivity index (χ2v) is 9.20. The summed E-state index contributed by atoms with van der Waals surface area (Å²) in [6.07, 6.45) is 0. The fraction of sp³-hybridized carbons (Fsp3) is 0.0625. The molecule has 1 nitrogen and oxygen atoms in total. The predicted molar refractivity (Wildman–Crippen MR) is 133 cm³/mol. The van der Waals surface area contributed by atoms with E-state index in [1.54, 1.807) is 0 Å². The van der Waals surface area contributed by atoms with E-state index in [-0.39, 0.29) is 0 Å². The molecule has 1 heteroatoms. The number of ether oxygens (including phenoxy) is 1. The summed E-state index contributed by atoms with van der Waals surface area (Å²) in [4.78, 5) is 0. The average Bonchev–Trinajstić information content (AvgIpc) is 3.51. The molecular weight excluding hydrogens is 400 g/mol. The monoisotopic (exact) mass is 420 g/mol. The Bertz CT molecular complexity index is 1510. The molecule has 5 aromatic rings. The van der Waals surface area contributed by atoms with Crippen LogP contribution in [0, 0.1) is 0 Å². The van der Waals surface area contributed by atoms with E-state index in [1.807, 2.05) is 0 Å². The summed E-state index contributed by atoms with van der Waals surface area (Å²) >= 11 is 0. The van der Waals surface area contributed by atoms with E-state index < -0.39 is 11.2 Å². The average molecular weight is 421 g/mol. The van der Waals surface area contributed by atoms with Gasteiger partial charge in [0.05, 0.1) is 0 Å². The minimum Gasteiger partial charge on any atom is -0.340 e. The lowest BCUT2D eigenvalue weighted by atomic mass is 9.67. The molecule has 33 heavy (non-hydrogen) atoms. The molecule has 0 amide bonds. The largest absolute Gasteiger partial charge is 0.340 e. The molecule has 2 unspecified atom stereocenters. The van der Waals surface area contributed by atoms with Gasteiger partial charge in [0.15, 0.2) is 0 Å². The molecule has 1 aliphatic carbocycles. The van der Waals surface area contributed by atoms with E-state index in [2.05, 4.69) is 121 Å². The molecular formula is C32H20O. The van der Waals surface area contributed by atoms with Gasteiger partial charge in [-0.2, -0.15) is 0 Å². The van der Waals surface area contributed by atoms with Crippen LogP contribution < -0.4 is 0 Å². The highest BCUT2D eigenvalue weighted by Gasteiger charge is 2.67. The van der Waals surface area contributed by atoms with Crippen LogP contribution in [0.15, 0.2) is 121 Å². The van der Waals surface area contributed by atoms with E-state index in [9.17, 15) is 0 Å². The third-order valence-corrected chi connectivity index (χ3v) is 7.75. The van der Waals surface area contributed by atoms with E-state index in [4.69, 9.17) is 4.74 Å². The van der Waals surface area contributed by atoms with Gasteiger partial charge in [-0.15, -0.1) is 0 Å². The van der Waals surface area contributed by atoms with Gasteiger partial charge in [-0.05, 0) is 44.2 Å². The molecule has 2 atom stereocenters. The summed E-state index contributed by atoms with van der Waals surface area (Å²) in [6.45, 7) is 0. The Morgan fingerprint density at radius 3 is 1.36 bits per heavy atom. The van der Waals surface area contributed by atoms with Crippen molar-refractivity contribution >= 4 is 21.9 Å². The Morgan fingerprint density at radius 1 is 0.424 bits per heavy atom. The van der Waals surface area contributed by atoms with Crippen LogP contribution in [0.25, 0.3) is 21.9 Å². The first-order valence-electron chi connectivity index (χ1n) is 11.5. The van der Waals surface area contributed by atoms with Crippen LogP contribution in [0.3, 0.4) is 0 Å². The van der Waals surface area contributed by atoms with Crippen molar-refractivity contribution in [1.82, 2.24) is 0 Å². The number of benzene rings is 5. The standard InChI is InChI=1S/C32H20O/c1-3-13-22(14-4-1)31-26-19-7-8-20-27(26)32(33-31,23-15-5-2-6-16-23)30-25-18-10-12-21-11-9-17-24(28(21)25)29(30)31/h1-20H. The van der Waals surface area contributed by atoms with Gasteiger partial charge in [0, 0.05) is 11.1 Å². The number of hydrogen-bond acceptors (Lipinski definition) is 1. The fourth-order valence-corrected chi connectivity index (χ4v) is 6.63. The first-order chi connectivity index (χ1) is 16.4. The van der Waals surface area contributed by atoms with Crippen LogP contribution in [-0.4, -0.2) is 0 Å².